The SMILES string of the molecule is CCc1nc2c(C)nc(-c3cccnc3)cn2c1Br. The molecule has 4 nitrogen and oxygen atoms in total. The normalized spacial score (nSPS) is 11.1. The molecule has 0 fully saturated rings. The van der Waals surface area contributed by atoms with Crippen LogP contribution in [0.4, 0.5) is 0 Å². The molecule has 3 heterocycles. The number of rotatable bonds is 2. The molecule has 0 saturated carbocycles. The summed E-state index contributed by atoms with van der Waals surface area (Å²) < 4.78 is 3.05. The van der Waals surface area contributed by atoms with Gasteiger partial charge in [-0.05, 0) is 41.4 Å². The molecule has 0 bridgehead atoms. The van der Waals surface area contributed by atoms with E-state index in [1.54, 1.807) is 6.20 Å². The lowest BCUT2D eigenvalue weighted by Crippen LogP contribution is -1.95. The summed E-state index contributed by atoms with van der Waals surface area (Å²) in [6, 6.07) is 3.92. The fraction of sp³-hybridized carbons (Fsp3) is 0.214. The van der Waals surface area contributed by atoms with E-state index >= 15 is 0 Å². The first-order valence-electron chi connectivity index (χ1n) is 6.15. The average Bonchev–Trinajstić information content (AvgIpc) is 2.77. The van der Waals surface area contributed by atoms with Gasteiger partial charge in [-0.25, -0.2) is 9.97 Å². The number of hydrogen-bond acceptors (Lipinski definition) is 3. The maximum atomic E-state index is 4.62. The third kappa shape index (κ3) is 2.04. The predicted octanol–water partition coefficient (Wildman–Crippen LogP) is 3.42. The van der Waals surface area contributed by atoms with Gasteiger partial charge in [0.1, 0.15) is 4.60 Å². The number of fused-ring (bicyclic) bond motifs is 1. The van der Waals surface area contributed by atoms with Crippen LogP contribution in [0.3, 0.4) is 0 Å². The maximum Gasteiger partial charge on any atom is 0.159 e. The highest BCUT2D eigenvalue weighted by Gasteiger charge is 2.12. The first kappa shape index (κ1) is 12.3. The van der Waals surface area contributed by atoms with Crippen molar-refractivity contribution in [2.45, 2.75) is 20.3 Å². The third-order valence-corrected chi connectivity index (χ3v) is 3.91. The molecular weight excluding hydrogens is 304 g/mol. The number of nitrogens with zero attached hydrogens (tertiary/aromatic N) is 4. The van der Waals surface area contributed by atoms with Crippen LogP contribution in [0.2, 0.25) is 0 Å². The topological polar surface area (TPSA) is 43.1 Å². The van der Waals surface area contributed by atoms with Gasteiger partial charge in [-0.2, -0.15) is 0 Å². The molecule has 0 aromatic carbocycles. The molecule has 5 heteroatoms. The molecular formula is C14H13BrN4. The van der Waals surface area contributed by atoms with E-state index in [4.69, 9.17) is 0 Å². The van der Waals surface area contributed by atoms with Crippen molar-refractivity contribution >= 4 is 21.6 Å². The number of halogens is 1. The fourth-order valence-electron chi connectivity index (χ4n) is 2.09. The minimum Gasteiger partial charge on any atom is -0.290 e. The van der Waals surface area contributed by atoms with E-state index in [0.717, 1.165) is 39.3 Å². The molecule has 0 aliphatic heterocycles. The summed E-state index contributed by atoms with van der Waals surface area (Å²) in [7, 11) is 0. The zero-order valence-electron chi connectivity index (χ0n) is 10.8. The number of imidazole rings is 1. The maximum absolute atomic E-state index is 4.62. The standard InChI is InChI=1S/C14H13BrN4/c1-3-11-13(15)19-8-12(10-5-4-6-16-7-10)17-9(2)14(19)18-11/h4-8H,3H2,1-2H3. The third-order valence-electron chi connectivity index (χ3n) is 3.07. The molecule has 0 aliphatic rings. The van der Waals surface area contributed by atoms with Gasteiger partial charge in [0.2, 0.25) is 0 Å². The van der Waals surface area contributed by atoms with E-state index in [1.807, 2.05) is 35.9 Å². The Morgan fingerprint density at radius 1 is 1.32 bits per heavy atom. The second-order valence-electron chi connectivity index (χ2n) is 4.35. The van der Waals surface area contributed by atoms with Crippen LogP contribution in [0.5, 0.6) is 0 Å². The minimum absolute atomic E-state index is 0.893. The Kier molecular flexibility index (Phi) is 3.06. The molecule has 96 valence electrons. The number of aromatic nitrogens is 4. The van der Waals surface area contributed by atoms with Crippen molar-refractivity contribution in [3.05, 3.63) is 46.7 Å². The van der Waals surface area contributed by atoms with Crippen LogP contribution >= 0.6 is 15.9 Å². The molecule has 0 N–H and O–H groups in total. The van der Waals surface area contributed by atoms with Crippen molar-refractivity contribution in [2.24, 2.45) is 0 Å². The summed E-state index contributed by atoms with van der Waals surface area (Å²) in [4.78, 5) is 13.4. The Balaban J connectivity index is 2.27. The van der Waals surface area contributed by atoms with Gasteiger partial charge in [0.15, 0.2) is 5.65 Å². The molecule has 0 spiro atoms. The summed E-state index contributed by atoms with van der Waals surface area (Å²) in [6.07, 6.45) is 6.47. The van der Waals surface area contributed by atoms with E-state index in [9.17, 15) is 0 Å². The predicted molar refractivity (Wildman–Crippen MR) is 78.0 cm³/mol. The molecule has 3 aromatic heterocycles. The molecule has 0 atom stereocenters. The summed E-state index contributed by atoms with van der Waals surface area (Å²) in [5.41, 5.74) is 4.77. The largest absolute Gasteiger partial charge is 0.290 e. The van der Waals surface area contributed by atoms with E-state index in [0.29, 0.717) is 0 Å². The van der Waals surface area contributed by atoms with E-state index in [-0.39, 0.29) is 0 Å². The molecule has 3 aromatic rings. The molecule has 0 radical (unpaired) electrons. The monoisotopic (exact) mass is 316 g/mol. The van der Waals surface area contributed by atoms with Crippen LogP contribution in [0, 0.1) is 6.92 Å². The van der Waals surface area contributed by atoms with Gasteiger partial charge < -0.3 is 0 Å². The highest BCUT2D eigenvalue weighted by atomic mass is 79.9. The van der Waals surface area contributed by atoms with Crippen molar-refractivity contribution in [3.63, 3.8) is 0 Å². The van der Waals surface area contributed by atoms with Crippen LogP contribution in [-0.4, -0.2) is 19.4 Å². The second kappa shape index (κ2) is 4.74. The molecule has 3 rings (SSSR count). The Labute approximate surface area is 119 Å². The lowest BCUT2D eigenvalue weighted by atomic mass is 10.2. The quantitative estimate of drug-likeness (QED) is 0.727. The van der Waals surface area contributed by atoms with E-state index in [1.165, 1.54) is 0 Å². The summed E-state index contributed by atoms with van der Waals surface area (Å²) in [5.74, 6) is 0. The van der Waals surface area contributed by atoms with Crippen LogP contribution in [-0.2, 0) is 6.42 Å². The summed E-state index contributed by atoms with van der Waals surface area (Å²) in [5, 5.41) is 0. The Bertz CT molecular complexity index is 734. The average molecular weight is 317 g/mol. The molecule has 19 heavy (non-hydrogen) atoms. The zero-order chi connectivity index (χ0) is 13.4. The smallest absolute Gasteiger partial charge is 0.159 e. The van der Waals surface area contributed by atoms with Crippen LogP contribution in [0.25, 0.3) is 16.9 Å². The van der Waals surface area contributed by atoms with Crippen molar-refractivity contribution in [1.29, 1.82) is 0 Å². The van der Waals surface area contributed by atoms with Gasteiger partial charge in [0, 0.05) is 24.2 Å². The van der Waals surface area contributed by atoms with Crippen LogP contribution in [0.1, 0.15) is 18.3 Å². The van der Waals surface area contributed by atoms with Gasteiger partial charge in [0.05, 0.1) is 17.1 Å². The first-order chi connectivity index (χ1) is 9.20. The van der Waals surface area contributed by atoms with Gasteiger partial charge in [-0.15, -0.1) is 0 Å². The molecule has 0 aliphatic carbocycles. The lowest BCUT2D eigenvalue weighted by Gasteiger charge is -2.04. The first-order valence-corrected chi connectivity index (χ1v) is 6.94. The van der Waals surface area contributed by atoms with Gasteiger partial charge >= 0.3 is 0 Å². The molecule has 0 saturated heterocycles. The van der Waals surface area contributed by atoms with Gasteiger partial charge in [-0.3, -0.25) is 9.38 Å². The lowest BCUT2D eigenvalue weighted by molar-refractivity contribution is 1.04. The molecule has 0 amide bonds. The second-order valence-corrected chi connectivity index (χ2v) is 5.10. The van der Waals surface area contributed by atoms with E-state index in [2.05, 4.69) is 37.8 Å². The van der Waals surface area contributed by atoms with Crippen molar-refractivity contribution in [2.75, 3.05) is 0 Å². The van der Waals surface area contributed by atoms with Crippen molar-refractivity contribution < 1.29 is 0 Å². The zero-order valence-corrected chi connectivity index (χ0v) is 12.3. The molecule has 0 unspecified atom stereocenters. The highest BCUT2D eigenvalue weighted by molar-refractivity contribution is 9.10. The fourth-order valence-corrected chi connectivity index (χ4v) is 2.73. The number of hydrogen-bond donors (Lipinski definition) is 0. The van der Waals surface area contributed by atoms with Gasteiger partial charge in [-0.1, -0.05) is 6.92 Å². The van der Waals surface area contributed by atoms with Gasteiger partial charge in [0.25, 0.3) is 0 Å². The minimum atomic E-state index is 0.893. The Morgan fingerprint density at radius 2 is 2.16 bits per heavy atom. The van der Waals surface area contributed by atoms with Crippen molar-refractivity contribution in [1.82, 2.24) is 19.4 Å². The number of pyridine rings is 1. The summed E-state index contributed by atoms with van der Waals surface area (Å²) >= 11 is 3.61. The Hall–Kier alpha value is -1.75. The van der Waals surface area contributed by atoms with Crippen LogP contribution in [0.15, 0.2) is 35.3 Å². The summed E-state index contributed by atoms with van der Waals surface area (Å²) in [6.45, 7) is 4.07. The Morgan fingerprint density at radius 3 is 2.84 bits per heavy atom. The highest BCUT2D eigenvalue weighted by Crippen LogP contribution is 2.24. The number of aryl methyl sites for hydroxylation is 2. The van der Waals surface area contributed by atoms with E-state index < -0.39 is 0 Å². The van der Waals surface area contributed by atoms with Crippen LogP contribution < -0.4 is 0 Å². The van der Waals surface area contributed by atoms with Crippen molar-refractivity contribution in [3.8, 4) is 11.3 Å².